The van der Waals surface area contributed by atoms with Crippen LogP contribution in [0, 0.1) is 0 Å². The van der Waals surface area contributed by atoms with Crippen LogP contribution >= 0.6 is 0 Å². The molecule has 2 heterocycles. The Morgan fingerprint density at radius 1 is 0.886 bits per heavy atom. The zero-order valence-corrected chi connectivity index (χ0v) is 19.2. The molecule has 2 aliphatic heterocycles. The Morgan fingerprint density at radius 3 is 2.06 bits per heavy atom. The van der Waals surface area contributed by atoms with Crippen LogP contribution < -0.4 is 25.4 Å². The van der Waals surface area contributed by atoms with Crippen LogP contribution in [0.1, 0.15) is 18.9 Å². The molecule has 2 fully saturated rings. The third-order valence-electron chi connectivity index (χ3n) is 5.58. The number of hydrogen-bond donors (Lipinski definition) is 3. The lowest BCUT2D eigenvalue weighted by atomic mass is 9.95. The molecule has 2 aromatic rings. The van der Waals surface area contributed by atoms with Gasteiger partial charge in [0.1, 0.15) is 17.2 Å². The second kappa shape index (κ2) is 10.4. The van der Waals surface area contributed by atoms with E-state index in [0.717, 1.165) is 5.56 Å². The molecule has 0 atom stereocenters. The third kappa shape index (κ3) is 5.52. The minimum Gasteiger partial charge on any atom is -0.467 e. The van der Waals surface area contributed by atoms with Crippen molar-refractivity contribution in [3.63, 3.8) is 0 Å². The zero-order chi connectivity index (χ0) is 24.8. The maximum atomic E-state index is 12.6. The van der Waals surface area contributed by atoms with Gasteiger partial charge in [-0.25, -0.2) is 9.59 Å². The summed E-state index contributed by atoms with van der Waals surface area (Å²) in [6, 6.07) is 12.8. The van der Waals surface area contributed by atoms with Crippen LogP contribution in [-0.4, -0.2) is 60.7 Å². The van der Waals surface area contributed by atoms with Crippen molar-refractivity contribution in [3.05, 3.63) is 54.1 Å². The molecule has 0 saturated carbocycles. The topological polar surface area (TPSA) is 135 Å². The summed E-state index contributed by atoms with van der Waals surface area (Å²) in [6.07, 6.45) is -0.0739. The van der Waals surface area contributed by atoms with Crippen LogP contribution in [0.15, 0.2) is 48.5 Å². The van der Waals surface area contributed by atoms with Crippen molar-refractivity contribution in [1.29, 1.82) is 0 Å². The van der Waals surface area contributed by atoms with Crippen LogP contribution in [0.4, 0.5) is 9.59 Å². The highest BCUT2D eigenvalue weighted by Gasteiger charge is 2.52. The number of carbonyl (C=O) groups excluding carboxylic acids is 4. The lowest BCUT2D eigenvalue weighted by Crippen LogP contribution is -2.69. The van der Waals surface area contributed by atoms with E-state index in [4.69, 9.17) is 14.2 Å². The highest BCUT2D eigenvalue weighted by atomic mass is 16.5. The van der Waals surface area contributed by atoms with Crippen molar-refractivity contribution < 1.29 is 33.4 Å². The van der Waals surface area contributed by atoms with Gasteiger partial charge in [-0.05, 0) is 48.9 Å². The molecular formula is C24H26N4O7. The summed E-state index contributed by atoms with van der Waals surface area (Å²) in [5.41, 5.74) is -0.953. The summed E-state index contributed by atoms with van der Waals surface area (Å²) in [5.74, 6) is -0.338. The fourth-order valence-electron chi connectivity index (χ4n) is 3.73. The van der Waals surface area contributed by atoms with Crippen molar-refractivity contribution >= 4 is 23.9 Å². The molecule has 3 N–H and O–H groups in total. The van der Waals surface area contributed by atoms with Crippen LogP contribution in [-0.2, 0) is 20.9 Å². The second-order valence-corrected chi connectivity index (χ2v) is 7.98. The maximum absolute atomic E-state index is 12.6. The highest BCUT2D eigenvalue weighted by molar-refractivity contribution is 6.21. The van der Waals surface area contributed by atoms with Gasteiger partial charge in [-0.3, -0.25) is 20.2 Å². The standard InChI is InChI=1S/C24H26N4O7/c1-2-33-14-11-24(20(29)26-22(31)27-21(24)30)35-19-9-7-18(8-10-19)34-17-5-3-16(4-6-17)15-28-13-12-25-23(28)32/h3-10H,2,11-15H2,1H3,(H,25,32)(H2,26,27,29,30,31). The number of benzene rings is 2. The molecule has 0 radical (unpaired) electrons. The Bertz CT molecular complexity index is 1080. The predicted molar refractivity (Wildman–Crippen MR) is 123 cm³/mol. The van der Waals surface area contributed by atoms with E-state index in [1.54, 1.807) is 36.1 Å². The van der Waals surface area contributed by atoms with Crippen LogP contribution in [0.25, 0.3) is 0 Å². The average molecular weight is 482 g/mol. The first-order valence-corrected chi connectivity index (χ1v) is 11.2. The second-order valence-electron chi connectivity index (χ2n) is 7.98. The number of nitrogens with one attached hydrogen (secondary N) is 3. The smallest absolute Gasteiger partial charge is 0.328 e. The highest BCUT2D eigenvalue weighted by Crippen LogP contribution is 2.28. The van der Waals surface area contributed by atoms with Crippen molar-refractivity contribution in [2.45, 2.75) is 25.5 Å². The number of hydrogen-bond acceptors (Lipinski definition) is 7. The molecule has 6 amide bonds. The Morgan fingerprint density at radius 2 is 1.49 bits per heavy atom. The normalized spacial score (nSPS) is 17.0. The van der Waals surface area contributed by atoms with Gasteiger partial charge in [0.05, 0.1) is 6.61 Å². The lowest BCUT2D eigenvalue weighted by Gasteiger charge is -2.34. The fraction of sp³-hybridized carbons (Fsp3) is 0.333. The molecule has 0 bridgehead atoms. The molecule has 2 aromatic carbocycles. The summed E-state index contributed by atoms with van der Waals surface area (Å²) in [4.78, 5) is 50.1. The molecule has 184 valence electrons. The molecular weight excluding hydrogens is 456 g/mol. The zero-order valence-electron chi connectivity index (χ0n) is 19.2. The predicted octanol–water partition coefficient (Wildman–Crippen LogP) is 1.91. The van der Waals surface area contributed by atoms with Crippen LogP contribution in [0.2, 0.25) is 0 Å². The van der Waals surface area contributed by atoms with Crippen LogP contribution in [0.5, 0.6) is 17.2 Å². The first-order valence-electron chi connectivity index (χ1n) is 11.2. The summed E-state index contributed by atoms with van der Waals surface area (Å²) >= 11 is 0. The van der Waals surface area contributed by atoms with Crippen molar-refractivity contribution in [1.82, 2.24) is 20.9 Å². The Labute approximate surface area is 201 Å². The Hall–Kier alpha value is -4.12. The SMILES string of the molecule is CCOCCC1(Oc2ccc(Oc3ccc(CN4CCNC4=O)cc3)cc2)C(=O)NC(=O)NC1=O. The molecule has 0 aliphatic carbocycles. The molecule has 35 heavy (non-hydrogen) atoms. The third-order valence-corrected chi connectivity index (χ3v) is 5.58. The van der Waals surface area contributed by atoms with Gasteiger partial charge in [0.25, 0.3) is 17.4 Å². The minimum absolute atomic E-state index is 0.0675. The number of nitrogens with zero attached hydrogens (tertiary/aromatic N) is 1. The van der Waals surface area contributed by atoms with Gasteiger partial charge >= 0.3 is 12.1 Å². The number of barbiturate groups is 1. The van der Waals surface area contributed by atoms with Gasteiger partial charge in [-0.1, -0.05) is 12.1 Å². The van der Waals surface area contributed by atoms with Gasteiger partial charge in [0, 0.05) is 32.7 Å². The van der Waals surface area contributed by atoms with Crippen molar-refractivity contribution in [2.24, 2.45) is 0 Å². The van der Waals surface area contributed by atoms with Crippen LogP contribution in [0.3, 0.4) is 0 Å². The maximum Gasteiger partial charge on any atom is 0.328 e. The summed E-state index contributed by atoms with van der Waals surface area (Å²) < 4.78 is 17.0. The number of rotatable bonds is 10. The molecule has 2 aliphatic rings. The minimum atomic E-state index is -1.94. The van der Waals surface area contributed by atoms with Crippen molar-refractivity contribution in [2.75, 3.05) is 26.3 Å². The molecule has 0 aromatic heterocycles. The monoisotopic (exact) mass is 482 g/mol. The number of urea groups is 2. The molecule has 0 spiro atoms. The van der Waals surface area contributed by atoms with Crippen molar-refractivity contribution in [3.8, 4) is 17.2 Å². The average Bonchev–Trinajstić information content (AvgIpc) is 3.24. The number of amides is 6. The number of ether oxygens (including phenoxy) is 3. The lowest BCUT2D eigenvalue weighted by molar-refractivity contribution is -0.153. The van der Waals surface area contributed by atoms with Gasteiger partial charge < -0.3 is 24.4 Å². The largest absolute Gasteiger partial charge is 0.467 e. The fourth-order valence-corrected chi connectivity index (χ4v) is 3.73. The summed E-state index contributed by atoms with van der Waals surface area (Å²) in [7, 11) is 0. The Balaban J connectivity index is 1.41. The molecule has 11 nitrogen and oxygen atoms in total. The van der Waals surface area contributed by atoms with E-state index in [0.29, 0.717) is 37.7 Å². The van der Waals surface area contributed by atoms with Gasteiger partial charge in [-0.2, -0.15) is 0 Å². The first-order chi connectivity index (χ1) is 16.9. The van der Waals surface area contributed by atoms with E-state index in [1.807, 2.05) is 24.3 Å². The van der Waals surface area contributed by atoms with Gasteiger partial charge in [0.2, 0.25) is 0 Å². The van der Waals surface area contributed by atoms with E-state index in [2.05, 4.69) is 16.0 Å². The van der Waals surface area contributed by atoms with Gasteiger partial charge in [-0.15, -0.1) is 0 Å². The molecule has 2 saturated heterocycles. The van der Waals surface area contributed by atoms with E-state index in [9.17, 15) is 19.2 Å². The molecule has 0 unspecified atom stereocenters. The van der Waals surface area contributed by atoms with E-state index >= 15 is 0 Å². The molecule has 11 heteroatoms. The van der Waals surface area contributed by atoms with E-state index < -0.39 is 23.4 Å². The van der Waals surface area contributed by atoms with Gasteiger partial charge in [0.15, 0.2) is 0 Å². The quantitative estimate of drug-likeness (QED) is 0.348. The number of imide groups is 2. The summed E-state index contributed by atoms with van der Waals surface area (Å²) in [5, 5.41) is 6.93. The van der Waals surface area contributed by atoms with E-state index in [1.165, 1.54) is 0 Å². The molecule has 4 rings (SSSR count). The van der Waals surface area contributed by atoms with E-state index in [-0.39, 0.29) is 24.8 Å². The Kier molecular flexibility index (Phi) is 7.16. The summed E-state index contributed by atoms with van der Waals surface area (Å²) in [6.45, 7) is 4.13. The first kappa shape index (κ1) is 24.0. The number of carbonyl (C=O) groups is 4.